The summed E-state index contributed by atoms with van der Waals surface area (Å²) in [7, 11) is 0. The van der Waals surface area contributed by atoms with Crippen LogP contribution in [-0.2, 0) is 0 Å². The standard InChI is InChI=1S/C9H9ClN2O/c10-8-4-7(6-13)5-9(11-8)12-2-1-3-12/h4-6H,1-3H2. The zero-order valence-corrected chi connectivity index (χ0v) is 7.79. The van der Waals surface area contributed by atoms with Crippen molar-refractivity contribution in [2.75, 3.05) is 18.0 Å². The third kappa shape index (κ3) is 1.65. The van der Waals surface area contributed by atoms with Crippen LogP contribution in [-0.4, -0.2) is 24.4 Å². The maximum Gasteiger partial charge on any atom is 0.150 e. The van der Waals surface area contributed by atoms with Crippen molar-refractivity contribution in [1.82, 2.24) is 4.98 Å². The number of nitrogens with zero attached hydrogens (tertiary/aromatic N) is 2. The maximum atomic E-state index is 10.5. The van der Waals surface area contributed by atoms with Crippen LogP contribution in [0.2, 0.25) is 5.15 Å². The van der Waals surface area contributed by atoms with E-state index < -0.39 is 0 Å². The predicted molar refractivity (Wildman–Crippen MR) is 51.5 cm³/mol. The Morgan fingerprint density at radius 1 is 1.46 bits per heavy atom. The Hall–Kier alpha value is -1.09. The monoisotopic (exact) mass is 196 g/mol. The van der Waals surface area contributed by atoms with E-state index >= 15 is 0 Å². The first-order valence-corrected chi connectivity index (χ1v) is 4.55. The van der Waals surface area contributed by atoms with Gasteiger partial charge in [-0.2, -0.15) is 0 Å². The summed E-state index contributed by atoms with van der Waals surface area (Å²) >= 11 is 5.76. The second-order valence-electron chi connectivity index (χ2n) is 3.04. The van der Waals surface area contributed by atoms with Gasteiger partial charge in [-0.05, 0) is 18.6 Å². The Kier molecular flexibility index (Phi) is 2.19. The Morgan fingerprint density at radius 3 is 2.77 bits per heavy atom. The van der Waals surface area contributed by atoms with Crippen molar-refractivity contribution in [1.29, 1.82) is 0 Å². The molecule has 0 bridgehead atoms. The fourth-order valence-corrected chi connectivity index (χ4v) is 1.49. The van der Waals surface area contributed by atoms with Crippen molar-refractivity contribution in [3.8, 4) is 0 Å². The molecule has 68 valence electrons. The Bertz CT molecular complexity index is 336. The van der Waals surface area contributed by atoms with Crippen molar-refractivity contribution < 1.29 is 4.79 Å². The molecular weight excluding hydrogens is 188 g/mol. The summed E-state index contributed by atoms with van der Waals surface area (Å²) in [6.45, 7) is 2.01. The van der Waals surface area contributed by atoms with Gasteiger partial charge in [0.15, 0.2) is 0 Å². The highest BCUT2D eigenvalue weighted by atomic mass is 35.5. The van der Waals surface area contributed by atoms with Crippen LogP contribution >= 0.6 is 11.6 Å². The van der Waals surface area contributed by atoms with E-state index in [1.807, 2.05) is 0 Å². The first kappa shape index (κ1) is 8.51. The van der Waals surface area contributed by atoms with Gasteiger partial charge in [0.2, 0.25) is 0 Å². The molecule has 0 spiro atoms. The maximum absolute atomic E-state index is 10.5. The van der Waals surface area contributed by atoms with Gasteiger partial charge >= 0.3 is 0 Å². The van der Waals surface area contributed by atoms with E-state index in [-0.39, 0.29) is 0 Å². The van der Waals surface area contributed by atoms with Gasteiger partial charge in [-0.15, -0.1) is 0 Å². The highest BCUT2D eigenvalue weighted by Crippen LogP contribution is 2.21. The third-order valence-electron chi connectivity index (χ3n) is 2.12. The van der Waals surface area contributed by atoms with E-state index in [1.54, 1.807) is 12.1 Å². The lowest BCUT2D eigenvalue weighted by molar-refractivity contribution is 0.112. The molecule has 0 saturated carbocycles. The van der Waals surface area contributed by atoms with Crippen LogP contribution in [0.1, 0.15) is 16.8 Å². The number of carbonyl (C=O) groups is 1. The van der Waals surface area contributed by atoms with E-state index in [0.29, 0.717) is 10.7 Å². The van der Waals surface area contributed by atoms with Crippen LogP contribution in [0.3, 0.4) is 0 Å². The van der Waals surface area contributed by atoms with E-state index in [0.717, 1.165) is 25.2 Å². The van der Waals surface area contributed by atoms with Crippen LogP contribution in [0, 0.1) is 0 Å². The van der Waals surface area contributed by atoms with Crippen molar-refractivity contribution >= 4 is 23.7 Å². The summed E-state index contributed by atoms with van der Waals surface area (Å²) in [5.41, 5.74) is 0.585. The van der Waals surface area contributed by atoms with E-state index in [9.17, 15) is 4.79 Å². The Balaban J connectivity index is 2.33. The molecule has 0 amide bonds. The highest BCUT2D eigenvalue weighted by Gasteiger charge is 2.16. The van der Waals surface area contributed by atoms with Crippen LogP contribution in [0.25, 0.3) is 0 Å². The minimum absolute atomic E-state index is 0.381. The zero-order valence-electron chi connectivity index (χ0n) is 7.03. The van der Waals surface area contributed by atoms with Crippen LogP contribution in [0.4, 0.5) is 5.82 Å². The third-order valence-corrected chi connectivity index (χ3v) is 2.31. The molecule has 0 radical (unpaired) electrons. The number of halogens is 1. The van der Waals surface area contributed by atoms with Crippen LogP contribution < -0.4 is 4.90 Å². The highest BCUT2D eigenvalue weighted by molar-refractivity contribution is 6.29. The number of anilines is 1. The van der Waals surface area contributed by atoms with E-state index in [2.05, 4.69) is 9.88 Å². The Morgan fingerprint density at radius 2 is 2.23 bits per heavy atom. The zero-order chi connectivity index (χ0) is 9.26. The number of hydrogen-bond acceptors (Lipinski definition) is 3. The molecule has 1 aliphatic heterocycles. The topological polar surface area (TPSA) is 33.2 Å². The molecule has 1 aromatic heterocycles. The number of hydrogen-bond donors (Lipinski definition) is 0. The molecule has 0 aliphatic carbocycles. The average molecular weight is 197 g/mol. The first-order chi connectivity index (χ1) is 6.29. The molecule has 4 heteroatoms. The lowest BCUT2D eigenvalue weighted by Gasteiger charge is -2.32. The SMILES string of the molecule is O=Cc1cc(Cl)nc(N2CCC2)c1. The molecule has 0 atom stereocenters. The van der Waals surface area contributed by atoms with Crippen molar-refractivity contribution in [2.45, 2.75) is 6.42 Å². The van der Waals surface area contributed by atoms with Gasteiger partial charge in [0, 0.05) is 18.7 Å². The molecule has 1 saturated heterocycles. The summed E-state index contributed by atoms with van der Waals surface area (Å²) in [6.07, 6.45) is 1.97. The van der Waals surface area contributed by atoms with Gasteiger partial charge in [0.05, 0.1) is 0 Å². The molecule has 0 unspecified atom stereocenters. The molecule has 0 N–H and O–H groups in total. The van der Waals surface area contributed by atoms with Crippen LogP contribution in [0.5, 0.6) is 0 Å². The predicted octanol–water partition coefficient (Wildman–Crippen LogP) is 1.76. The van der Waals surface area contributed by atoms with E-state index in [4.69, 9.17) is 11.6 Å². The largest absolute Gasteiger partial charge is 0.356 e. The number of rotatable bonds is 2. The van der Waals surface area contributed by atoms with Gasteiger partial charge in [-0.25, -0.2) is 4.98 Å². The quantitative estimate of drug-likeness (QED) is 0.534. The minimum Gasteiger partial charge on any atom is -0.356 e. The summed E-state index contributed by atoms with van der Waals surface area (Å²) in [4.78, 5) is 16.8. The second-order valence-corrected chi connectivity index (χ2v) is 3.43. The molecule has 2 heterocycles. The van der Waals surface area contributed by atoms with Gasteiger partial charge in [0.25, 0.3) is 0 Å². The minimum atomic E-state index is 0.381. The summed E-state index contributed by atoms with van der Waals surface area (Å²) < 4.78 is 0. The summed E-state index contributed by atoms with van der Waals surface area (Å²) in [5.74, 6) is 0.806. The van der Waals surface area contributed by atoms with Crippen molar-refractivity contribution in [2.24, 2.45) is 0 Å². The smallest absolute Gasteiger partial charge is 0.150 e. The number of aromatic nitrogens is 1. The van der Waals surface area contributed by atoms with Gasteiger partial charge < -0.3 is 4.90 Å². The molecule has 2 rings (SSSR count). The fraction of sp³-hybridized carbons (Fsp3) is 0.333. The number of carbonyl (C=O) groups excluding carboxylic acids is 1. The van der Waals surface area contributed by atoms with Crippen molar-refractivity contribution in [3.05, 3.63) is 22.8 Å². The second kappa shape index (κ2) is 3.34. The fourth-order valence-electron chi connectivity index (χ4n) is 1.28. The van der Waals surface area contributed by atoms with Crippen LogP contribution in [0.15, 0.2) is 12.1 Å². The van der Waals surface area contributed by atoms with E-state index in [1.165, 1.54) is 6.42 Å². The Labute approximate surface area is 81.3 Å². The van der Waals surface area contributed by atoms with Gasteiger partial charge in [0.1, 0.15) is 17.3 Å². The molecule has 0 aromatic carbocycles. The number of aldehydes is 1. The molecule has 13 heavy (non-hydrogen) atoms. The van der Waals surface area contributed by atoms with Gasteiger partial charge in [-0.3, -0.25) is 4.79 Å². The molecule has 1 aliphatic rings. The van der Waals surface area contributed by atoms with Crippen molar-refractivity contribution in [3.63, 3.8) is 0 Å². The average Bonchev–Trinajstić information content (AvgIpc) is 2.00. The molecule has 3 nitrogen and oxygen atoms in total. The number of pyridine rings is 1. The summed E-state index contributed by atoms with van der Waals surface area (Å²) in [5, 5.41) is 0.381. The lowest BCUT2D eigenvalue weighted by atomic mass is 10.2. The molecule has 1 aromatic rings. The summed E-state index contributed by atoms with van der Waals surface area (Å²) in [6, 6.07) is 3.33. The molecular formula is C9H9ClN2O. The lowest BCUT2D eigenvalue weighted by Crippen LogP contribution is -2.37. The normalized spacial score (nSPS) is 15.3. The van der Waals surface area contributed by atoms with Gasteiger partial charge in [-0.1, -0.05) is 11.6 Å². The molecule has 1 fully saturated rings. The first-order valence-electron chi connectivity index (χ1n) is 4.17.